The highest BCUT2D eigenvalue weighted by Gasteiger charge is 2.14. The molecule has 0 unspecified atom stereocenters. The zero-order chi connectivity index (χ0) is 9.68. The first-order valence-electron chi connectivity index (χ1n) is 3.82. The molecule has 0 fully saturated rings. The molecule has 3 amide bonds. The molecule has 3 N–H and O–H groups in total. The molecule has 0 bridgehead atoms. The number of carbonyl (C=O) groups excluding carboxylic acids is 2. The van der Waals surface area contributed by atoms with E-state index in [0.29, 0.717) is 18.6 Å². The predicted molar refractivity (Wildman–Crippen MR) is 44.4 cm³/mol. The largest absolute Gasteiger partial charge is 0.500 e. The van der Waals surface area contributed by atoms with Crippen LogP contribution in [0, 0.1) is 0 Å². The van der Waals surface area contributed by atoms with Crippen LogP contribution >= 0.6 is 0 Å². The predicted octanol–water partition coefficient (Wildman–Crippen LogP) is -0.749. The average Bonchev–Trinajstić information content (AvgIpc) is 2.66. The summed E-state index contributed by atoms with van der Waals surface area (Å²) in [6.07, 6.45) is 1.96. The van der Waals surface area contributed by atoms with E-state index in [4.69, 9.17) is 4.74 Å². The van der Waals surface area contributed by atoms with E-state index in [-0.39, 0.29) is 5.91 Å². The molecule has 0 radical (unpaired) electrons. The van der Waals surface area contributed by atoms with Crippen LogP contribution in [0.2, 0.25) is 0 Å². The number of amides is 3. The van der Waals surface area contributed by atoms with E-state index in [1.807, 2.05) is 0 Å². The maximum absolute atomic E-state index is 11.2. The molecule has 0 spiro atoms. The van der Waals surface area contributed by atoms with Crippen LogP contribution in [0.1, 0.15) is 6.42 Å². The summed E-state index contributed by atoms with van der Waals surface area (Å²) in [7, 11) is 1.46. The molecule has 1 aliphatic heterocycles. The monoisotopic (exact) mass is 185 g/mol. The summed E-state index contributed by atoms with van der Waals surface area (Å²) >= 11 is 0. The smallest absolute Gasteiger partial charge is 0.333 e. The number of carbonyl (C=O) groups is 2. The molecule has 1 aliphatic rings. The summed E-state index contributed by atoms with van der Waals surface area (Å²) in [6.45, 7) is 0.517. The molecule has 1 rings (SSSR count). The molecular weight excluding hydrogens is 174 g/mol. The van der Waals surface area contributed by atoms with Crippen LogP contribution in [0.25, 0.3) is 0 Å². The summed E-state index contributed by atoms with van der Waals surface area (Å²) in [5.41, 5.74) is 4.91. The Hall–Kier alpha value is -1.72. The van der Waals surface area contributed by atoms with Crippen LogP contribution in [-0.4, -0.2) is 25.6 Å². The van der Waals surface area contributed by atoms with Crippen molar-refractivity contribution in [2.75, 3.05) is 13.7 Å². The van der Waals surface area contributed by atoms with Crippen molar-refractivity contribution in [1.29, 1.82) is 0 Å². The lowest BCUT2D eigenvalue weighted by atomic mass is 10.2. The molecule has 72 valence electrons. The third-order valence-electron chi connectivity index (χ3n) is 1.52. The fourth-order valence-corrected chi connectivity index (χ4v) is 0.811. The van der Waals surface area contributed by atoms with Gasteiger partial charge in [-0.25, -0.2) is 10.2 Å². The molecule has 0 aromatic carbocycles. The number of nitrogens with one attached hydrogen (secondary N) is 3. The molecule has 0 saturated heterocycles. The lowest BCUT2D eigenvalue weighted by Gasteiger charge is -2.05. The van der Waals surface area contributed by atoms with Crippen molar-refractivity contribution in [2.45, 2.75) is 6.42 Å². The average molecular weight is 185 g/mol. The fourth-order valence-electron chi connectivity index (χ4n) is 0.811. The minimum absolute atomic E-state index is 0.346. The van der Waals surface area contributed by atoms with Gasteiger partial charge in [0, 0.05) is 13.5 Å². The van der Waals surface area contributed by atoms with Crippen LogP contribution in [-0.2, 0) is 9.53 Å². The molecule has 6 nitrogen and oxygen atoms in total. The summed E-state index contributed by atoms with van der Waals surface area (Å²) in [6, 6.07) is -0.465. The number of hydrazine groups is 1. The minimum Gasteiger partial charge on any atom is -0.500 e. The fraction of sp³-hybridized carbons (Fsp3) is 0.429. The highest BCUT2D eigenvalue weighted by molar-refractivity contribution is 5.94. The van der Waals surface area contributed by atoms with E-state index in [2.05, 4.69) is 16.2 Å². The topological polar surface area (TPSA) is 79.5 Å². The Balaban J connectivity index is 2.29. The third kappa shape index (κ3) is 2.66. The van der Waals surface area contributed by atoms with Crippen molar-refractivity contribution >= 4 is 11.9 Å². The lowest BCUT2D eigenvalue weighted by Crippen LogP contribution is -2.46. The Labute approximate surface area is 75.3 Å². The maximum Gasteiger partial charge on any atom is 0.333 e. The van der Waals surface area contributed by atoms with Crippen molar-refractivity contribution < 1.29 is 14.3 Å². The molecule has 0 aromatic heterocycles. The second kappa shape index (κ2) is 4.34. The number of urea groups is 1. The van der Waals surface area contributed by atoms with Gasteiger partial charge in [0.2, 0.25) is 0 Å². The molecule has 0 aromatic rings. The second-order valence-electron chi connectivity index (χ2n) is 2.42. The van der Waals surface area contributed by atoms with Crippen LogP contribution < -0.4 is 16.2 Å². The quantitative estimate of drug-likeness (QED) is 0.470. The Morgan fingerprint density at radius 2 is 2.23 bits per heavy atom. The number of ether oxygens (including phenoxy) is 1. The molecule has 1 heterocycles. The SMILES string of the molecule is CNC(=O)NNC(=O)C1=COCC1. The van der Waals surface area contributed by atoms with Crippen molar-refractivity contribution in [2.24, 2.45) is 0 Å². The molecular formula is C7H11N3O3. The van der Waals surface area contributed by atoms with Crippen LogP contribution in [0.3, 0.4) is 0 Å². The second-order valence-corrected chi connectivity index (χ2v) is 2.42. The Morgan fingerprint density at radius 1 is 1.46 bits per heavy atom. The number of hydrogen-bond acceptors (Lipinski definition) is 3. The van der Waals surface area contributed by atoms with Gasteiger partial charge in [0.25, 0.3) is 5.91 Å². The van der Waals surface area contributed by atoms with E-state index in [1.54, 1.807) is 0 Å². The van der Waals surface area contributed by atoms with Gasteiger partial charge in [0.15, 0.2) is 0 Å². The molecule has 0 atom stereocenters. The van der Waals surface area contributed by atoms with Gasteiger partial charge < -0.3 is 10.1 Å². The first-order valence-corrected chi connectivity index (χ1v) is 3.82. The van der Waals surface area contributed by atoms with Gasteiger partial charge in [0.1, 0.15) is 0 Å². The van der Waals surface area contributed by atoms with Crippen LogP contribution in [0.5, 0.6) is 0 Å². The number of hydrogen-bond donors (Lipinski definition) is 3. The van der Waals surface area contributed by atoms with Gasteiger partial charge in [0.05, 0.1) is 18.4 Å². The van der Waals surface area contributed by atoms with Crippen LogP contribution in [0.4, 0.5) is 4.79 Å². The van der Waals surface area contributed by atoms with E-state index in [9.17, 15) is 9.59 Å². The van der Waals surface area contributed by atoms with E-state index in [1.165, 1.54) is 13.3 Å². The van der Waals surface area contributed by atoms with Crippen LogP contribution in [0.15, 0.2) is 11.8 Å². The molecule has 0 saturated carbocycles. The summed E-state index contributed by atoms with van der Waals surface area (Å²) in [4.78, 5) is 21.8. The van der Waals surface area contributed by atoms with Gasteiger partial charge >= 0.3 is 6.03 Å². The standard InChI is InChI=1S/C7H11N3O3/c1-8-7(12)10-9-6(11)5-2-3-13-4-5/h4H,2-3H2,1H3,(H,9,11)(H2,8,10,12). The Bertz CT molecular complexity index is 249. The van der Waals surface area contributed by atoms with Gasteiger partial charge in [-0.05, 0) is 0 Å². The third-order valence-corrected chi connectivity index (χ3v) is 1.52. The zero-order valence-electron chi connectivity index (χ0n) is 7.22. The van der Waals surface area contributed by atoms with E-state index >= 15 is 0 Å². The van der Waals surface area contributed by atoms with Gasteiger partial charge in [-0.1, -0.05) is 0 Å². The van der Waals surface area contributed by atoms with Crippen molar-refractivity contribution in [3.05, 3.63) is 11.8 Å². The summed E-state index contributed by atoms with van der Waals surface area (Å²) in [5, 5.41) is 2.30. The zero-order valence-corrected chi connectivity index (χ0v) is 7.22. The molecule has 13 heavy (non-hydrogen) atoms. The van der Waals surface area contributed by atoms with E-state index in [0.717, 1.165) is 0 Å². The minimum atomic E-state index is -0.465. The normalized spacial score (nSPS) is 14.1. The molecule has 0 aliphatic carbocycles. The van der Waals surface area contributed by atoms with Crippen molar-refractivity contribution in [3.8, 4) is 0 Å². The number of rotatable bonds is 1. The van der Waals surface area contributed by atoms with Gasteiger partial charge in [-0.15, -0.1) is 0 Å². The Kier molecular flexibility index (Phi) is 3.13. The Morgan fingerprint density at radius 3 is 2.77 bits per heavy atom. The van der Waals surface area contributed by atoms with Gasteiger partial charge in [-0.2, -0.15) is 0 Å². The summed E-state index contributed by atoms with van der Waals surface area (Å²) in [5.74, 6) is -0.346. The summed E-state index contributed by atoms with van der Waals surface area (Å²) < 4.78 is 4.86. The first-order chi connectivity index (χ1) is 6.24. The first kappa shape index (κ1) is 9.37. The van der Waals surface area contributed by atoms with Gasteiger partial charge in [-0.3, -0.25) is 10.2 Å². The highest BCUT2D eigenvalue weighted by Crippen LogP contribution is 2.08. The van der Waals surface area contributed by atoms with E-state index < -0.39 is 6.03 Å². The van der Waals surface area contributed by atoms with Crippen molar-refractivity contribution in [3.63, 3.8) is 0 Å². The molecule has 6 heteroatoms. The lowest BCUT2D eigenvalue weighted by molar-refractivity contribution is -0.118. The maximum atomic E-state index is 11.2. The highest BCUT2D eigenvalue weighted by atomic mass is 16.5. The van der Waals surface area contributed by atoms with Crippen molar-refractivity contribution in [1.82, 2.24) is 16.2 Å².